The van der Waals surface area contributed by atoms with Crippen LogP contribution in [-0.4, -0.2) is 59.0 Å². The molecule has 5 aromatic rings. The number of anilines is 3. The van der Waals surface area contributed by atoms with E-state index in [0.29, 0.717) is 39.6 Å². The summed E-state index contributed by atoms with van der Waals surface area (Å²) in [6.07, 6.45) is 0.920. The zero-order valence-corrected chi connectivity index (χ0v) is 24.4. The Kier molecular flexibility index (Phi) is 7.93. The number of aromatic amines is 1. The molecule has 0 aliphatic carbocycles. The lowest BCUT2D eigenvalue weighted by Gasteiger charge is -2.22. The molecular formula is C31H33F2N7O2. The molecule has 0 bridgehead atoms. The van der Waals surface area contributed by atoms with Gasteiger partial charge in [-0.1, -0.05) is 0 Å². The third kappa shape index (κ3) is 5.67. The van der Waals surface area contributed by atoms with Crippen LogP contribution in [-0.2, 0) is 11.2 Å². The van der Waals surface area contributed by atoms with Crippen molar-refractivity contribution >= 4 is 44.9 Å². The molecule has 0 saturated carbocycles. The van der Waals surface area contributed by atoms with Gasteiger partial charge in [0.1, 0.15) is 11.6 Å². The van der Waals surface area contributed by atoms with Crippen molar-refractivity contribution in [2.45, 2.75) is 32.7 Å². The van der Waals surface area contributed by atoms with Crippen molar-refractivity contribution in [1.82, 2.24) is 24.8 Å². The van der Waals surface area contributed by atoms with Crippen LogP contribution in [0.5, 0.6) is 5.88 Å². The number of aromatic nitrogens is 4. The van der Waals surface area contributed by atoms with Gasteiger partial charge in [0, 0.05) is 60.4 Å². The van der Waals surface area contributed by atoms with Crippen molar-refractivity contribution < 1.29 is 18.3 Å². The summed E-state index contributed by atoms with van der Waals surface area (Å²) < 4.78 is 33.1. The second-order valence-corrected chi connectivity index (χ2v) is 10.4. The van der Waals surface area contributed by atoms with Crippen LogP contribution in [0.25, 0.3) is 21.8 Å². The minimum absolute atomic E-state index is 0.00945. The maximum atomic E-state index is 13.8. The van der Waals surface area contributed by atoms with E-state index in [4.69, 9.17) is 4.74 Å². The number of pyridine rings is 1. The number of nitrogens with zero attached hydrogens (tertiary/aromatic N) is 5. The van der Waals surface area contributed by atoms with Crippen LogP contribution < -0.4 is 15.0 Å². The number of benzene rings is 2. The summed E-state index contributed by atoms with van der Waals surface area (Å²) in [4.78, 5) is 32.6. The minimum atomic E-state index is -2.59. The molecule has 0 aliphatic rings. The van der Waals surface area contributed by atoms with Crippen molar-refractivity contribution in [3.63, 3.8) is 0 Å². The number of H-pyrrole nitrogens is 1. The van der Waals surface area contributed by atoms with Gasteiger partial charge in [-0.05, 0) is 61.9 Å². The first-order valence-corrected chi connectivity index (χ1v) is 13.5. The number of amides is 1. The van der Waals surface area contributed by atoms with Gasteiger partial charge in [-0.3, -0.25) is 4.79 Å². The fraction of sp³-hybridized carbons (Fsp3) is 0.290. The van der Waals surface area contributed by atoms with Crippen molar-refractivity contribution in [2.24, 2.45) is 0 Å². The van der Waals surface area contributed by atoms with Crippen molar-refractivity contribution in [3.05, 3.63) is 77.4 Å². The highest BCUT2D eigenvalue weighted by Crippen LogP contribution is 2.34. The lowest BCUT2D eigenvalue weighted by Crippen LogP contribution is -2.24. The molecule has 3 heterocycles. The molecule has 9 nitrogen and oxygen atoms in total. The predicted octanol–water partition coefficient (Wildman–Crippen LogP) is 6.33. The maximum absolute atomic E-state index is 13.8. The van der Waals surface area contributed by atoms with Crippen molar-refractivity contribution in [3.8, 4) is 5.88 Å². The topological polar surface area (TPSA) is 99.3 Å². The lowest BCUT2D eigenvalue weighted by molar-refractivity contribution is -0.128. The Hall–Kier alpha value is -4.80. The zero-order chi connectivity index (χ0) is 30.1. The fourth-order valence-electron chi connectivity index (χ4n) is 4.94. The number of methoxy groups -OCH3 is 1. The first-order valence-electron chi connectivity index (χ1n) is 13.5. The standard InChI is InChI=1S/C31H33F2N7O2/c1-17(19-12-24(29(32)33)23-9-10-34-27(23)13-19)36-30-25-15-21(7-8-26(25)37-18(2)38-30)40(5)22-11-20(14-28(41)39(3)4)31(42-6)35-16-22/h7-13,15-17,29,34H,14H2,1-6H3,(H,36,37,38)/t17-/m1/s1. The number of rotatable bonds is 9. The predicted molar refractivity (Wildman–Crippen MR) is 161 cm³/mol. The van der Waals surface area contributed by atoms with Gasteiger partial charge in [0.25, 0.3) is 6.43 Å². The Morgan fingerprint density at radius 3 is 2.55 bits per heavy atom. The number of aryl methyl sites for hydroxylation is 1. The van der Waals surface area contributed by atoms with E-state index in [1.165, 1.54) is 12.0 Å². The molecule has 0 saturated heterocycles. The normalized spacial score (nSPS) is 12.1. The van der Waals surface area contributed by atoms with Gasteiger partial charge in [0.05, 0.1) is 37.0 Å². The van der Waals surface area contributed by atoms with E-state index in [2.05, 4.69) is 25.3 Å². The Bertz CT molecular complexity index is 1770. The van der Waals surface area contributed by atoms with Gasteiger partial charge in [-0.15, -0.1) is 0 Å². The number of hydrogen-bond acceptors (Lipinski definition) is 7. The van der Waals surface area contributed by atoms with Gasteiger partial charge < -0.3 is 24.8 Å². The molecular weight excluding hydrogens is 540 g/mol. The quantitative estimate of drug-likeness (QED) is 0.213. The van der Waals surface area contributed by atoms with Crippen LogP contribution in [0.3, 0.4) is 0 Å². The third-order valence-electron chi connectivity index (χ3n) is 7.32. The largest absolute Gasteiger partial charge is 0.481 e. The Balaban J connectivity index is 1.49. The molecule has 1 amide bonds. The number of hydrogen-bond donors (Lipinski definition) is 2. The van der Waals surface area contributed by atoms with Crippen LogP contribution in [0.2, 0.25) is 0 Å². The molecule has 2 aromatic carbocycles. The van der Waals surface area contributed by atoms with Crippen LogP contribution in [0.15, 0.2) is 54.9 Å². The molecule has 0 spiro atoms. The molecule has 1 atom stereocenters. The van der Waals surface area contributed by atoms with Crippen LogP contribution >= 0.6 is 0 Å². The summed E-state index contributed by atoms with van der Waals surface area (Å²) in [5, 5.41) is 4.72. The highest BCUT2D eigenvalue weighted by atomic mass is 19.3. The second-order valence-electron chi connectivity index (χ2n) is 10.4. The summed E-state index contributed by atoms with van der Waals surface area (Å²) in [7, 11) is 6.85. The smallest absolute Gasteiger partial charge is 0.264 e. The Labute approximate surface area is 242 Å². The average Bonchev–Trinajstić information content (AvgIpc) is 3.44. The lowest BCUT2D eigenvalue weighted by atomic mass is 10.0. The van der Waals surface area contributed by atoms with Gasteiger partial charge in [-0.25, -0.2) is 23.7 Å². The van der Waals surface area contributed by atoms with Gasteiger partial charge >= 0.3 is 0 Å². The summed E-state index contributed by atoms with van der Waals surface area (Å²) in [5.74, 6) is 1.52. The number of alkyl halides is 2. The molecule has 5 rings (SSSR count). The number of ether oxygens (including phenoxy) is 1. The molecule has 0 aliphatic heterocycles. The molecule has 2 N–H and O–H groups in total. The van der Waals surface area contributed by atoms with E-state index >= 15 is 0 Å². The van der Waals surface area contributed by atoms with Crippen molar-refractivity contribution in [2.75, 3.05) is 38.5 Å². The molecule has 11 heteroatoms. The average molecular weight is 574 g/mol. The first kappa shape index (κ1) is 28.7. The van der Waals surface area contributed by atoms with E-state index in [9.17, 15) is 13.6 Å². The van der Waals surface area contributed by atoms with Crippen LogP contribution in [0.1, 0.15) is 41.9 Å². The maximum Gasteiger partial charge on any atom is 0.264 e. The number of carbonyl (C=O) groups excluding carboxylic acids is 1. The number of carbonyl (C=O) groups is 1. The highest BCUT2D eigenvalue weighted by molar-refractivity contribution is 5.93. The SMILES string of the molecule is COc1ncc(N(C)c2ccc3nc(C)nc(N[C@H](C)c4cc(C(F)F)c5cc[nH]c5c4)c3c2)cc1CC(=O)N(C)C. The first-order chi connectivity index (χ1) is 20.0. The highest BCUT2D eigenvalue weighted by Gasteiger charge is 2.19. The van der Waals surface area contributed by atoms with E-state index < -0.39 is 6.43 Å². The molecule has 0 unspecified atom stereocenters. The molecule has 218 valence electrons. The monoisotopic (exact) mass is 573 g/mol. The van der Waals surface area contributed by atoms with Crippen LogP contribution in [0, 0.1) is 6.92 Å². The van der Waals surface area contributed by atoms with E-state index in [1.54, 1.807) is 38.6 Å². The van der Waals surface area contributed by atoms with Gasteiger partial charge in [0.15, 0.2) is 0 Å². The number of nitrogens with one attached hydrogen (secondary N) is 2. The van der Waals surface area contributed by atoms with Crippen molar-refractivity contribution in [1.29, 1.82) is 0 Å². The Morgan fingerprint density at radius 1 is 1.05 bits per heavy atom. The molecule has 42 heavy (non-hydrogen) atoms. The van der Waals surface area contributed by atoms with Gasteiger partial charge in [-0.2, -0.15) is 0 Å². The zero-order valence-electron chi connectivity index (χ0n) is 24.4. The summed E-state index contributed by atoms with van der Waals surface area (Å²) in [5.41, 5.74) is 4.39. The number of fused-ring (bicyclic) bond motifs is 2. The molecule has 3 aromatic heterocycles. The summed E-state index contributed by atoms with van der Waals surface area (Å²) >= 11 is 0. The summed E-state index contributed by atoms with van der Waals surface area (Å²) in [6.45, 7) is 3.73. The molecule has 0 radical (unpaired) electrons. The Morgan fingerprint density at radius 2 is 1.83 bits per heavy atom. The van der Waals surface area contributed by atoms with Gasteiger partial charge in [0.2, 0.25) is 11.8 Å². The number of likely N-dealkylation sites (N-methyl/N-ethyl adjacent to an activating group) is 1. The van der Waals surface area contributed by atoms with E-state index in [0.717, 1.165) is 22.3 Å². The second kappa shape index (κ2) is 11.6. The fourth-order valence-corrected chi connectivity index (χ4v) is 4.94. The number of halogens is 2. The molecule has 0 fully saturated rings. The van der Waals surface area contributed by atoms with E-state index in [-0.39, 0.29) is 23.9 Å². The van der Waals surface area contributed by atoms with E-state index in [1.807, 2.05) is 56.1 Å². The minimum Gasteiger partial charge on any atom is -0.481 e. The summed E-state index contributed by atoms with van der Waals surface area (Å²) in [6, 6.07) is 12.5. The van der Waals surface area contributed by atoms with Crippen LogP contribution in [0.4, 0.5) is 26.0 Å². The third-order valence-corrected chi connectivity index (χ3v) is 7.32.